The van der Waals surface area contributed by atoms with Crippen LogP contribution in [0, 0.1) is 5.92 Å². The number of nitrogens with one attached hydrogen (secondary N) is 1. The first-order valence-electron chi connectivity index (χ1n) is 5.48. The molecule has 0 aliphatic heterocycles. The second-order valence-electron chi connectivity index (χ2n) is 4.77. The maximum atomic E-state index is 11.4. The van der Waals surface area contributed by atoms with Crippen LogP contribution < -0.4 is 11.1 Å². The number of carbonyl (C=O) groups excluding carboxylic acids is 3. The summed E-state index contributed by atoms with van der Waals surface area (Å²) in [5.41, 5.74) is 4.37. The molecule has 0 aliphatic rings. The van der Waals surface area contributed by atoms with Crippen molar-refractivity contribution >= 4 is 18.0 Å². The van der Waals surface area contributed by atoms with Gasteiger partial charge in [0.25, 0.3) is 0 Å². The molecule has 0 rings (SSSR count). The molecule has 18 heavy (non-hydrogen) atoms. The van der Waals surface area contributed by atoms with Gasteiger partial charge in [-0.05, 0) is 20.8 Å². The SMILES string of the molecule is COC(=O)C(CNC(=O)OC(C)(C)C)CC(N)=O. The van der Waals surface area contributed by atoms with Crippen LogP contribution >= 0.6 is 0 Å². The molecule has 0 aromatic rings. The van der Waals surface area contributed by atoms with E-state index in [-0.39, 0.29) is 13.0 Å². The van der Waals surface area contributed by atoms with Crippen molar-refractivity contribution in [3.05, 3.63) is 0 Å². The number of nitrogens with two attached hydrogens (primary N) is 1. The Kier molecular flexibility index (Phi) is 6.15. The fourth-order valence-corrected chi connectivity index (χ4v) is 1.17. The zero-order valence-corrected chi connectivity index (χ0v) is 11.1. The van der Waals surface area contributed by atoms with Crippen molar-refractivity contribution in [1.82, 2.24) is 5.32 Å². The summed E-state index contributed by atoms with van der Waals surface area (Å²) in [4.78, 5) is 33.5. The molecule has 0 spiro atoms. The predicted octanol–water partition coefficient (Wildman–Crippen LogP) is 0.176. The number of rotatable bonds is 5. The number of methoxy groups -OCH3 is 1. The normalized spacial score (nSPS) is 12.4. The van der Waals surface area contributed by atoms with Crippen LogP contribution in [0.1, 0.15) is 27.2 Å². The second-order valence-corrected chi connectivity index (χ2v) is 4.77. The fraction of sp³-hybridized carbons (Fsp3) is 0.727. The zero-order valence-electron chi connectivity index (χ0n) is 11.1. The second kappa shape index (κ2) is 6.83. The topological polar surface area (TPSA) is 108 Å². The Labute approximate surface area is 106 Å². The summed E-state index contributed by atoms with van der Waals surface area (Å²) in [6, 6.07) is 0. The minimum Gasteiger partial charge on any atom is -0.469 e. The zero-order chi connectivity index (χ0) is 14.3. The lowest BCUT2D eigenvalue weighted by Crippen LogP contribution is -2.38. The number of hydrogen-bond donors (Lipinski definition) is 2. The largest absolute Gasteiger partial charge is 0.469 e. The van der Waals surface area contributed by atoms with E-state index in [4.69, 9.17) is 10.5 Å². The van der Waals surface area contributed by atoms with Crippen molar-refractivity contribution in [3.8, 4) is 0 Å². The lowest BCUT2D eigenvalue weighted by molar-refractivity contribution is -0.146. The van der Waals surface area contributed by atoms with Gasteiger partial charge in [-0.2, -0.15) is 0 Å². The lowest BCUT2D eigenvalue weighted by atomic mass is 10.1. The van der Waals surface area contributed by atoms with Gasteiger partial charge in [-0.15, -0.1) is 0 Å². The Morgan fingerprint density at radius 2 is 1.83 bits per heavy atom. The number of primary amides is 1. The van der Waals surface area contributed by atoms with Crippen LogP contribution in [0.5, 0.6) is 0 Å². The van der Waals surface area contributed by atoms with Crippen molar-refractivity contribution in [2.75, 3.05) is 13.7 Å². The first kappa shape index (κ1) is 16.2. The van der Waals surface area contributed by atoms with E-state index < -0.39 is 29.5 Å². The third kappa shape index (κ3) is 7.48. The fourth-order valence-electron chi connectivity index (χ4n) is 1.17. The average molecular weight is 260 g/mol. The van der Waals surface area contributed by atoms with Crippen LogP contribution in [0.3, 0.4) is 0 Å². The van der Waals surface area contributed by atoms with Crippen molar-refractivity contribution in [3.63, 3.8) is 0 Å². The van der Waals surface area contributed by atoms with Crippen LogP contribution in [0.4, 0.5) is 4.79 Å². The Balaban J connectivity index is 4.30. The minimum atomic E-state index is -0.806. The summed E-state index contributed by atoms with van der Waals surface area (Å²) in [6.07, 6.45) is -0.858. The maximum Gasteiger partial charge on any atom is 0.407 e. The molecule has 0 aromatic heterocycles. The highest BCUT2D eigenvalue weighted by Gasteiger charge is 2.23. The van der Waals surface area contributed by atoms with Crippen molar-refractivity contribution in [2.24, 2.45) is 11.7 Å². The molecule has 3 N–H and O–H groups in total. The average Bonchev–Trinajstić information content (AvgIpc) is 2.20. The maximum absolute atomic E-state index is 11.4. The van der Waals surface area contributed by atoms with Gasteiger partial charge in [0.15, 0.2) is 0 Å². The van der Waals surface area contributed by atoms with Gasteiger partial charge >= 0.3 is 12.1 Å². The highest BCUT2D eigenvalue weighted by atomic mass is 16.6. The molecule has 2 amide bonds. The summed E-state index contributed by atoms with van der Waals surface area (Å²) in [5.74, 6) is -2.05. The van der Waals surface area contributed by atoms with Gasteiger partial charge in [0.05, 0.1) is 13.0 Å². The molecular formula is C11H20N2O5. The molecule has 0 heterocycles. The van der Waals surface area contributed by atoms with Gasteiger partial charge in [0.1, 0.15) is 5.60 Å². The van der Waals surface area contributed by atoms with Gasteiger partial charge in [0.2, 0.25) is 5.91 Å². The standard InChI is InChI=1S/C11H20N2O5/c1-11(2,3)18-10(16)13-6-7(5-8(12)14)9(15)17-4/h7H,5-6H2,1-4H3,(H2,12,14)(H,13,16). The van der Waals surface area contributed by atoms with Crippen LogP contribution in [0.2, 0.25) is 0 Å². The molecule has 7 nitrogen and oxygen atoms in total. The molecular weight excluding hydrogens is 240 g/mol. The molecule has 1 atom stereocenters. The summed E-state index contributed by atoms with van der Waals surface area (Å²) >= 11 is 0. The molecule has 0 radical (unpaired) electrons. The summed E-state index contributed by atoms with van der Waals surface area (Å²) in [5, 5.41) is 2.39. The van der Waals surface area contributed by atoms with Crippen molar-refractivity contribution < 1.29 is 23.9 Å². The van der Waals surface area contributed by atoms with Crippen LogP contribution in [-0.2, 0) is 19.1 Å². The predicted molar refractivity (Wildman–Crippen MR) is 63.6 cm³/mol. The number of esters is 1. The summed E-state index contributed by atoms with van der Waals surface area (Å²) in [6.45, 7) is 5.08. The molecule has 0 saturated heterocycles. The monoisotopic (exact) mass is 260 g/mol. The third-order valence-electron chi connectivity index (χ3n) is 1.87. The van der Waals surface area contributed by atoms with Crippen LogP contribution in [0.25, 0.3) is 0 Å². The van der Waals surface area contributed by atoms with E-state index in [1.165, 1.54) is 7.11 Å². The summed E-state index contributed by atoms with van der Waals surface area (Å²) in [7, 11) is 1.20. The Morgan fingerprint density at radius 1 is 1.28 bits per heavy atom. The number of carbonyl (C=O) groups is 3. The number of amides is 2. The van der Waals surface area contributed by atoms with E-state index in [1.54, 1.807) is 20.8 Å². The lowest BCUT2D eigenvalue weighted by Gasteiger charge is -2.20. The minimum absolute atomic E-state index is 0.0650. The smallest absolute Gasteiger partial charge is 0.407 e. The van der Waals surface area contributed by atoms with Crippen molar-refractivity contribution in [1.29, 1.82) is 0 Å². The van der Waals surface area contributed by atoms with Crippen LogP contribution in [-0.4, -0.2) is 37.2 Å². The molecule has 104 valence electrons. The van der Waals surface area contributed by atoms with E-state index in [2.05, 4.69) is 10.1 Å². The molecule has 0 bridgehead atoms. The Hall–Kier alpha value is -1.79. The molecule has 0 aliphatic carbocycles. The van der Waals surface area contributed by atoms with E-state index in [9.17, 15) is 14.4 Å². The van der Waals surface area contributed by atoms with E-state index in [1.807, 2.05) is 0 Å². The highest BCUT2D eigenvalue weighted by molar-refractivity contribution is 5.82. The Bertz CT molecular complexity index is 322. The van der Waals surface area contributed by atoms with Crippen LogP contribution in [0.15, 0.2) is 0 Å². The molecule has 1 unspecified atom stereocenters. The summed E-state index contributed by atoms with van der Waals surface area (Å²) < 4.78 is 9.50. The van der Waals surface area contributed by atoms with Gasteiger partial charge < -0.3 is 20.5 Å². The van der Waals surface area contributed by atoms with Gasteiger partial charge in [0, 0.05) is 13.0 Å². The molecule has 7 heteroatoms. The molecule has 0 fully saturated rings. The Morgan fingerprint density at radius 3 is 2.22 bits per heavy atom. The van der Waals surface area contributed by atoms with E-state index in [0.29, 0.717) is 0 Å². The number of hydrogen-bond acceptors (Lipinski definition) is 5. The van der Waals surface area contributed by atoms with E-state index >= 15 is 0 Å². The number of alkyl carbamates (subject to hydrolysis) is 1. The number of ether oxygens (including phenoxy) is 2. The van der Waals surface area contributed by atoms with E-state index in [0.717, 1.165) is 0 Å². The quantitative estimate of drug-likeness (QED) is 0.685. The van der Waals surface area contributed by atoms with Gasteiger partial charge in [-0.25, -0.2) is 4.79 Å². The molecule has 0 aromatic carbocycles. The van der Waals surface area contributed by atoms with Crippen molar-refractivity contribution in [2.45, 2.75) is 32.8 Å². The highest BCUT2D eigenvalue weighted by Crippen LogP contribution is 2.08. The van der Waals surface area contributed by atoms with Gasteiger partial charge in [-0.1, -0.05) is 0 Å². The first-order valence-corrected chi connectivity index (χ1v) is 5.48. The third-order valence-corrected chi connectivity index (χ3v) is 1.87. The van der Waals surface area contributed by atoms with Gasteiger partial charge in [-0.3, -0.25) is 9.59 Å². The molecule has 0 saturated carbocycles. The first-order chi connectivity index (χ1) is 8.15.